The van der Waals surface area contributed by atoms with E-state index in [9.17, 15) is 4.79 Å². The molecule has 0 aromatic carbocycles. The van der Waals surface area contributed by atoms with E-state index < -0.39 is 0 Å². The minimum Gasteiger partial charge on any atom is -0.366 e. The Bertz CT molecular complexity index is 202. The highest BCUT2D eigenvalue weighted by Gasteiger charge is 2.17. The summed E-state index contributed by atoms with van der Waals surface area (Å²) in [5, 5.41) is 0.817. The highest BCUT2D eigenvalue weighted by atomic mass is 79.9. The lowest BCUT2D eigenvalue weighted by molar-refractivity contribution is -0.140. The molecule has 1 amide bonds. The number of carbonyl (C=O) groups excluding carboxylic acids is 1. The maximum absolute atomic E-state index is 11.9. The Kier molecular flexibility index (Phi) is 8.02. The zero-order valence-corrected chi connectivity index (χ0v) is 12.5. The van der Waals surface area contributed by atoms with Gasteiger partial charge in [0.05, 0.1) is 5.60 Å². The maximum Gasteiger partial charge on any atom is 0.248 e. The number of carbonyl (C=O) groups is 1. The third-order valence-electron chi connectivity index (χ3n) is 2.12. The molecule has 3 nitrogen and oxygen atoms in total. The van der Waals surface area contributed by atoms with E-state index in [4.69, 9.17) is 4.74 Å². The van der Waals surface area contributed by atoms with Crippen LogP contribution >= 0.6 is 15.9 Å². The Balaban J connectivity index is 4.05. The fraction of sp³-hybridized carbons (Fsp3) is 0.917. The van der Waals surface area contributed by atoms with Crippen molar-refractivity contribution >= 4 is 21.8 Å². The van der Waals surface area contributed by atoms with Crippen LogP contribution < -0.4 is 0 Å². The molecule has 0 saturated carbocycles. The smallest absolute Gasteiger partial charge is 0.248 e. The minimum absolute atomic E-state index is 0.0859. The van der Waals surface area contributed by atoms with Gasteiger partial charge in [0, 0.05) is 18.4 Å². The Morgan fingerprint density at radius 3 is 2.38 bits per heavy atom. The van der Waals surface area contributed by atoms with Crippen LogP contribution in [-0.4, -0.2) is 41.4 Å². The average Bonchev–Trinajstić information content (AvgIpc) is 2.19. The summed E-state index contributed by atoms with van der Waals surface area (Å²) in [6.45, 7) is 9.77. The van der Waals surface area contributed by atoms with Crippen LogP contribution in [0.2, 0.25) is 0 Å². The number of rotatable bonds is 7. The molecule has 0 unspecified atom stereocenters. The first-order valence-corrected chi connectivity index (χ1v) is 7.00. The zero-order valence-electron chi connectivity index (χ0n) is 10.9. The van der Waals surface area contributed by atoms with Crippen molar-refractivity contribution in [3.63, 3.8) is 0 Å². The van der Waals surface area contributed by atoms with Crippen LogP contribution in [0, 0.1) is 0 Å². The first-order valence-electron chi connectivity index (χ1n) is 5.88. The second-order valence-corrected chi connectivity index (χ2v) is 5.62. The summed E-state index contributed by atoms with van der Waals surface area (Å²) in [6, 6.07) is 0. The van der Waals surface area contributed by atoms with Gasteiger partial charge in [-0.2, -0.15) is 0 Å². The summed E-state index contributed by atoms with van der Waals surface area (Å²) in [6.07, 6.45) is 2.15. The van der Waals surface area contributed by atoms with Crippen LogP contribution in [0.3, 0.4) is 0 Å². The number of alkyl halides is 1. The molecule has 0 aliphatic heterocycles. The first kappa shape index (κ1) is 15.9. The van der Waals surface area contributed by atoms with Crippen LogP contribution in [0.4, 0.5) is 0 Å². The van der Waals surface area contributed by atoms with Crippen molar-refractivity contribution in [1.29, 1.82) is 0 Å². The van der Waals surface area contributed by atoms with Gasteiger partial charge in [-0.25, -0.2) is 0 Å². The topological polar surface area (TPSA) is 29.5 Å². The Hall–Kier alpha value is -0.0900. The summed E-state index contributed by atoms with van der Waals surface area (Å²) >= 11 is 3.37. The molecule has 4 heteroatoms. The summed E-state index contributed by atoms with van der Waals surface area (Å²) in [5.74, 6) is 0.0859. The van der Waals surface area contributed by atoms with Crippen molar-refractivity contribution in [3.8, 4) is 0 Å². The number of amides is 1. The first-order chi connectivity index (χ1) is 7.40. The summed E-state index contributed by atoms with van der Waals surface area (Å²) in [5.41, 5.74) is -0.250. The highest BCUT2D eigenvalue weighted by molar-refractivity contribution is 9.09. The molecule has 0 atom stereocenters. The SMILES string of the molecule is CCCCN(CCBr)C(=O)COC(C)(C)C. The Labute approximate surface area is 108 Å². The van der Waals surface area contributed by atoms with Gasteiger partial charge in [0.15, 0.2) is 0 Å². The fourth-order valence-corrected chi connectivity index (χ4v) is 1.61. The molecular formula is C12H24BrNO2. The van der Waals surface area contributed by atoms with E-state index in [0.29, 0.717) is 0 Å². The second-order valence-electron chi connectivity index (χ2n) is 4.82. The van der Waals surface area contributed by atoms with Crippen LogP contribution in [0.1, 0.15) is 40.5 Å². The lowest BCUT2D eigenvalue weighted by Gasteiger charge is -2.25. The summed E-state index contributed by atoms with van der Waals surface area (Å²) in [4.78, 5) is 13.7. The second kappa shape index (κ2) is 8.07. The third kappa shape index (κ3) is 8.11. The van der Waals surface area contributed by atoms with Gasteiger partial charge in [0.2, 0.25) is 5.91 Å². The van der Waals surface area contributed by atoms with Crippen molar-refractivity contribution in [2.45, 2.75) is 46.1 Å². The van der Waals surface area contributed by atoms with E-state index in [2.05, 4.69) is 22.9 Å². The molecule has 96 valence electrons. The van der Waals surface area contributed by atoms with Gasteiger partial charge < -0.3 is 9.64 Å². The van der Waals surface area contributed by atoms with E-state index >= 15 is 0 Å². The number of ether oxygens (including phenoxy) is 1. The standard InChI is InChI=1S/C12H24BrNO2/c1-5-6-8-14(9-7-13)11(15)10-16-12(2,3)4/h5-10H2,1-4H3. The van der Waals surface area contributed by atoms with E-state index in [1.165, 1.54) is 0 Å². The lowest BCUT2D eigenvalue weighted by atomic mass is 10.2. The van der Waals surface area contributed by atoms with E-state index in [-0.39, 0.29) is 18.1 Å². The van der Waals surface area contributed by atoms with Crippen molar-refractivity contribution in [1.82, 2.24) is 4.90 Å². The molecule has 0 rings (SSSR count). The highest BCUT2D eigenvalue weighted by Crippen LogP contribution is 2.07. The molecule has 0 aromatic rings. The van der Waals surface area contributed by atoms with Gasteiger partial charge in [0.1, 0.15) is 6.61 Å². The number of nitrogens with zero attached hydrogens (tertiary/aromatic N) is 1. The van der Waals surface area contributed by atoms with Gasteiger partial charge in [-0.3, -0.25) is 4.79 Å². The summed E-state index contributed by atoms with van der Waals surface area (Å²) in [7, 11) is 0. The molecular weight excluding hydrogens is 270 g/mol. The maximum atomic E-state index is 11.9. The van der Waals surface area contributed by atoms with Gasteiger partial charge >= 0.3 is 0 Å². The normalized spacial score (nSPS) is 11.6. The van der Waals surface area contributed by atoms with E-state index in [0.717, 1.165) is 31.3 Å². The largest absolute Gasteiger partial charge is 0.366 e. The Morgan fingerprint density at radius 1 is 1.31 bits per heavy atom. The molecule has 0 fully saturated rings. The molecule has 0 spiro atoms. The van der Waals surface area contributed by atoms with Crippen LogP contribution in [0.15, 0.2) is 0 Å². The molecule has 0 aliphatic carbocycles. The number of unbranched alkanes of at least 4 members (excludes halogenated alkanes) is 1. The molecule has 0 N–H and O–H groups in total. The number of hydrogen-bond acceptors (Lipinski definition) is 2. The quantitative estimate of drug-likeness (QED) is 0.676. The van der Waals surface area contributed by atoms with Crippen LogP contribution in [-0.2, 0) is 9.53 Å². The van der Waals surface area contributed by atoms with E-state index in [1.54, 1.807) is 0 Å². The predicted octanol–water partition coefficient (Wildman–Crippen LogP) is 2.83. The van der Waals surface area contributed by atoms with Crippen molar-refractivity contribution in [2.24, 2.45) is 0 Å². The van der Waals surface area contributed by atoms with E-state index in [1.807, 2.05) is 25.7 Å². The van der Waals surface area contributed by atoms with Crippen molar-refractivity contribution in [2.75, 3.05) is 25.0 Å². The molecule has 0 radical (unpaired) electrons. The third-order valence-corrected chi connectivity index (χ3v) is 2.47. The molecule has 0 bridgehead atoms. The van der Waals surface area contributed by atoms with Gasteiger partial charge in [0.25, 0.3) is 0 Å². The Morgan fingerprint density at radius 2 is 1.94 bits per heavy atom. The molecule has 16 heavy (non-hydrogen) atoms. The molecule has 0 aliphatic rings. The number of hydrogen-bond donors (Lipinski definition) is 0. The van der Waals surface area contributed by atoms with Gasteiger partial charge in [-0.1, -0.05) is 29.3 Å². The zero-order chi connectivity index (χ0) is 12.6. The lowest BCUT2D eigenvalue weighted by Crippen LogP contribution is -2.38. The van der Waals surface area contributed by atoms with Crippen molar-refractivity contribution in [3.05, 3.63) is 0 Å². The fourth-order valence-electron chi connectivity index (χ4n) is 1.18. The van der Waals surface area contributed by atoms with Crippen LogP contribution in [0.5, 0.6) is 0 Å². The van der Waals surface area contributed by atoms with Crippen molar-refractivity contribution < 1.29 is 9.53 Å². The minimum atomic E-state index is -0.250. The van der Waals surface area contributed by atoms with Gasteiger partial charge in [-0.15, -0.1) is 0 Å². The van der Waals surface area contributed by atoms with Gasteiger partial charge in [-0.05, 0) is 27.2 Å². The monoisotopic (exact) mass is 293 g/mol. The predicted molar refractivity (Wildman–Crippen MR) is 71.0 cm³/mol. The molecule has 0 aromatic heterocycles. The summed E-state index contributed by atoms with van der Waals surface area (Å²) < 4.78 is 5.49. The number of halogens is 1. The average molecular weight is 294 g/mol. The molecule has 0 heterocycles. The molecule has 0 saturated heterocycles. The van der Waals surface area contributed by atoms with Crippen LogP contribution in [0.25, 0.3) is 0 Å².